The minimum atomic E-state index is -0.0883. The molecule has 0 N–H and O–H groups in total. The maximum absolute atomic E-state index is 11.5. The smallest absolute Gasteiger partial charge is 0.302 e. The molecule has 0 radical (unpaired) electrons. The van der Waals surface area contributed by atoms with Crippen LogP contribution in [0.5, 0.6) is 0 Å². The van der Waals surface area contributed by atoms with E-state index in [2.05, 4.69) is 41.5 Å². The lowest BCUT2D eigenvalue weighted by Crippen LogP contribution is -2.54. The molecule has 0 aliphatic heterocycles. The summed E-state index contributed by atoms with van der Waals surface area (Å²) < 4.78 is 5.66. The molecule has 10 atom stereocenters. The first kappa shape index (κ1) is 24.6. The van der Waals surface area contributed by atoms with E-state index < -0.39 is 0 Å². The van der Waals surface area contributed by atoms with E-state index in [1.165, 1.54) is 57.8 Å². The number of carbonyl (C=O) groups is 1. The van der Waals surface area contributed by atoms with E-state index in [4.69, 9.17) is 4.74 Å². The van der Waals surface area contributed by atoms with Crippen LogP contribution in [-0.4, -0.2) is 12.1 Å². The molecule has 4 aliphatic carbocycles. The first-order valence-corrected chi connectivity index (χ1v) is 14.2. The summed E-state index contributed by atoms with van der Waals surface area (Å²) in [6.07, 6.45) is 15.2. The van der Waals surface area contributed by atoms with Crippen LogP contribution in [0.15, 0.2) is 0 Å². The van der Waals surface area contributed by atoms with Gasteiger partial charge in [0.2, 0.25) is 0 Å². The number of hydrogen-bond donors (Lipinski definition) is 0. The van der Waals surface area contributed by atoms with Crippen LogP contribution in [0.1, 0.15) is 119 Å². The largest absolute Gasteiger partial charge is 0.463 e. The van der Waals surface area contributed by atoms with Crippen LogP contribution >= 0.6 is 0 Å². The molecule has 0 aromatic rings. The molecule has 0 spiro atoms. The molecule has 0 aromatic carbocycles. The Morgan fingerprint density at radius 3 is 2.25 bits per heavy atom. The second-order valence-corrected chi connectivity index (χ2v) is 13.7. The highest BCUT2D eigenvalue weighted by Crippen LogP contribution is 2.68. The molecular weight excluding hydrogens is 392 g/mol. The van der Waals surface area contributed by atoms with Crippen molar-refractivity contribution in [3.8, 4) is 0 Å². The third-order valence-corrected chi connectivity index (χ3v) is 11.9. The van der Waals surface area contributed by atoms with E-state index in [0.717, 1.165) is 60.2 Å². The summed E-state index contributed by atoms with van der Waals surface area (Å²) in [4.78, 5) is 11.5. The summed E-state index contributed by atoms with van der Waals surface area (Å²) in [6, 6.07) is 0. The minimum absolute atomic E-state index is 0.0883. The Morgan fingerprint density at radius 1 is 0.875 bits per heavy atom. The maximum atomic E-state index is 11.5. The molecular formula is C30H52O2. The van der Waals surface area contributed by atoms with Gasteiger partial charge in [0.05, 0.1) is 0 Å². The van der Waals surface area contributed by atoms with Crippen molar-refractivity contribution in [3.63, 3.8) is 0 Å². The van der Waals surface area contributed by atoms with Crippen molar-refractivity contribution in [1.82, 2.24) is 0 Å². The molecule has 4 rings (SSSR count). The van der Waals surface area contributed by atoms with E-state index in [0.29, 0.717) is 10.8 Å². The third kappa shape index (κ3) is 4.31. The fourth-order valence-electron chi connectivity index (χ4n) is 9.60. The van der Waals surface area contributed by atoms with Gasteiger partial charge in [-0.05, 0) is 116 Å². The van der Waals surface area contributed by atoms with Crippen LogP contribution in [0.25, 0.3) is 0 Å². The van der Waals surface area contributed by atoms with Gasteiger partial charge in [-0.1, -0.05) is 54.4 Å². The molecule has 0 heterocycles. The van der Waals surface area contributed by atoms with Gasteiger partial charge >= 0.3 is 5.97 Å². The van der Waals surface area contributed by atoms with Crippen LogP contribution in [0, 0.1) is 58.2 Å². The summed E-state index contributed by atoms with van der Waals surface area (Å²) in [5.74, 6) is 6.99. The Kier molecular flexibility index (Phi) is 7.11. The Hall–Kier alpha value is -0.530. The summed E-state index contributed by atoms with van der Waals surface area (Å²) >= 11 is 0. The van der Waals surface area contributed by atoms with Crippen LogP contribution in [-0.2, 0) is 9.53 Å². The molecule has 4 saturated carbocycles. The second-order valence-electron chi connectivity index (χ2n) is 13.7. The molecule has 0 saturated heterocycles. The van der Waals surface area contributed by atoms with Crippen molar-refractivity contribution in [2.24, 2.45) is 58.2 Å². The first-order chi connectivity index (χ1) is 15.1. The van der Waals surface area contributed by atoms with Gasteiger partial charge in [0.15, 0.2) is 0 Å². The van der Waals surface area contributed by atoms with E-state index in [-0.39, 0.29) is 12.1 Å². The normalized spacial score (nSPS) is 45.5. The lowest BCUT2D eigenvalue weighted by Gasteiger charge is -2.61. The Labute approximate surface area is 199 Å². The lowest BCUT2D eigenvalue weighted by molar-refractivity contribution is -0.160. The summed E-state index contributed by atoms with van der Waals surface area (Å²) in [5.41, 5.74) is 1.07. The van der Waals surface area contributed by atoms with E-state index in [1.54, 1.807) is 6.92 Å². The molecule has 184 valence electrons. The van der Waals surface area contributed by atoms with Crippen molar-refractivity contribution in [2.75, 3.05) is 0 Å². The number of rotatable bonds is 6. The van der Waals surface area contributed by atoms with Crippen molar-refractivity contribution in [1.29, 1.82) is 0 Å². The van der Waals surface area contributed by atoms with E-state index in [9.17, 15) is 4.79 Å². The van der Waals surface area contributed by atoms with Gasteiger partial charge in [-0.2, -0.15) is 0 Å². The zero-order chi connectivity index (χ0) is 23.3. The molecule has 2 heteroatoms. The van der Waals surface area contributed by atoms with Gasteiger partial charge < -0.3 is 4.74 Å². The van der Waals surface area contributed by atoms with Crippen molar-refractivity contribution < 1.29 is 9.53 Å². The van der Waals surface area contributed by atoms with Gasteiger partial charge in [-0.15, -0.1) is 0 Å². The monoisotopic (exact) mass is 444 g/mol. The Bertz CT molecular complexity index is 670. The summed E-state index contributed by atoms with van der Waals surface area (Å²) in [6.45, 7) is 16.7. The van der Waals surface area contributed by atoms with Crippen LogP contribution in [0.4, 0.5) is 0 Å². The molecule has 4 fully saturated rings. The van der Waals surface area contributed by atoms with Gasteiger partial charge in [-0.3, -0.25) is 4.79 Å². The number of carbonyl (C=O) groups excluding carboxylic acids is 1. The number of ether oxygens (including phenoxy) is 1. The van der Waals surface area contributed by atoms with Crippen molar-refractivity contribution in [2.45, 2.75) is 125 Å². The number of hydrogen-bond acceptors (Lipinski definition) is 2. The molecule has 32 heavy (non-hydrogen) atoms. The quantitative estimate of drug-likeness (QED) is 0.385. The van der Waals surface area contributed by atoms with E-state index >= 15 is 0 Å². The molecule has 0 bridgehead atoms. The maximum Gasteiger partial charge on any atom is 0.302 e. The average Bonchev–Trinajstić information content (AvgIpc) is 3.08. The Morgan fingerprint density at radius 2 is 1.56 bits per heavy atom. The standard InChI is InChI=1S/C30H52O2/c1-19(2)20(3)8-9-21(4)26-12-13-27-25-11-10-23-18-24(32-22(5)31)14-16-29(23,6)28(25)15-17-30(26,27)7/h19-21,23-28H,8-18H2,1-7H3/t20-,21+,23?,24-,25?,26+,27?,28?,29-,30+/m0/s1. The first-order valence-electron chi connectivity index (χ1n) is 14.2. The van der Waals surface area contributed by atoms with Crippen LogP contribution in [0.2, 0.25) is 0 Å². The molecule has 4 unspecified atom stereocenters. The third-order valence-electron chi connectivity index (χ3n) is 11.9. The molecule has 0 aromatic heterocycles. The number of esters is 1. The van der Waals surface area contributed by atoms with Gasteiger partial charge in [-0.25, -0.2) is 0 Å². The highest BCUT2D eigenvalue weighted by atomic mass is 16.5. The Balaban J connectivity index is 1.43. The van der Waals surface area contributed by atoms with Crippen LogP contribution < -0.4 is 0 Å². The minimum Gasteiger partial charge on any atom is -0.463 e. The van der Waals surface area contributed by atoms with Crippen molar-refractivity contribution in [3.05, 3.63) is 0 Å². The lowest BCUT2D eigenvalue weighted by atomic mass is 9.44. The summed E-state index contributed by atoms with van der Waals surface area (Å²) in [7, 11) is 0. The average molecular weight is 445 g/mol. The van der Waals surface area contributed by atoms with Crippen molar-refractivity contribution >= 4 is 5.97 Å². The summed E-state index contributed by atoms with van der Waals surface area (Å²) in [5, 5.41) is 0. The zero-order valence-electron chi connectivity index (χ0n) is 22.3. The van der Waals surface area contributed by atoms with Gasteiger partial charge in [0.25, 0.3) is 0 Å². The SMILES string of the molecule is CC(=O)O[C@H]1CC[C@@]2(C)C(CCC3C2CC[C@@]2(C)C3CC[C@@H]2[C@H](C)CC[C@H](C)C(C)C)C1. The fraction of sp³-hybridized carbons (Fsp3) is 0.967. The van der Waals surface area contributed by atoms with Gasteiger partial charge in [0, 0.05) is 6.92 Å². The second kappa shape index (κ2) is 9.26. The predicted octanol–water partition coefficient (Wildman–Crippen LogP) is 8.29. The molecule has 0 amide bonds. The highest BCUT2D eigenvalue weighted by molar-refractivity contribution is 5.66. The number of fused-ring (bicyclic) bond motifs is 5. The molecule has 2 nitrogen and oxygen atoms in total. The highest BCUT2D eigenvalue weighted by Gasteiger charge is 2.60. The van der Waals surface area contributed by atoms with Crippen LogP contribution in [0.3, 0.4) is 0 Å². The molecule has 4 aliphatic rings. The topological polar surface area (TPSA) is 26.3 Å². The predicted molar refractivity (Wildman–Crippen MR) is 133 cm³/mol. The van der Waals surface area contributed by atoms with E-state index in [1.807, 2.05) is 0 Å². The fourth-order valence-corrected chi connectivity index (χ4v) is 9.60. The zero-order valence-corrected chi connectivity index (χ0v) is 22.3. The van der Waals surface area contributed by atoms with Gasteiger partial charge in [0.1, 0.15) is 6.10 Å².